The van der Waals surface area contributed by atoms with Crippen molar-refractivity contribution in [2.75, 3.05) is 20.3 Å². The van der Waals surface area contributed by atoms with E-state index in [0.29, 0.717) is 12.6 Å². The Morgan fingerprint density at radius 1 is 1.37 bits per heavy atom. The Kier molecular flexibility index (Phi) is 5.19. The summed E-state index contributed by atoms with van der Waals surface area (Å²) in [4.78, 5) is 0. The number of methoxy groups -OCH3 is 1. The first-order valence-electron chi connectivity index (χ1n) is 6.82. The van der Waals surface area contributed by atoms with Crippen LogP contribution in [-0.4, -0.2) is 37.6 Å². The highest BCUT2D eigenvalue weighted by Gasteiger charge is 2.21. The van der Waals surface area contributed by atoms with Gasteiger partial charge in [0.1, 0.15) is 18.5 Å². The molecule has 2 rings (SSSR count). The van der Waals surface area contributed by atoms with Gasteiger partial charge < -0.3 is 19.9 Å². The van der Waals surface area contributed by atoms with Crippen LogP contribution in [0.5, 0.6) is 5.75 Å². The molecular formula is C15H23NO3. The van der Waals surface area contributed by atoms with E-state index in [2.05, 4.69) is 11.4 Å². The van der Waals surface area contributed by atoms with Crippen LogP contribution in [0.15, 0.2) is 18.2 Å². The van der Waals surface area contributed by atoms with Crippen LogP contribution in [-0.2, 0) is 11.3 Å². The molecule has 0 heterocycles. The van der Waals surface area contributed by atoms with E-state index in [4.69, 9.17) is 9.47 Å². The van der Waals surface area contributed by atoms with Crippen LogP contribution in [0.25, 0.3) is 0 Å². The van der Waals surface area contributed by atoms with Crippen molar-refractivity contribution in [1.29, 1.82) is 0 Å². The van der Waals surface area contributed by atoms with Crippen LogP contribution in [0.1, 0.15) is 24.0 Å². The molecule has 106 valence electrons. The molecular weight excluding hydrogens is 242 g/mol. The van der Waals surface area contributed by atoms with E-state index in [1.165, 1.54) is 12.8 Å². The first-order chi connectivity index (χ1) is 9.20. The highest BCUT2D eigenvalue weighted by molar-refractivity contribution is 5.40. The third kappa shape index (κ3) is 4.49. The fourth-order valence-electron chi connectivity index (χ4n) is 2.02. The highest BCUT2D eigenvalue weighted by atomic mass is 16.5. The van der Waals surface area contributed by atoms with E-state index in [0.717, 1.165) is 23.4 Å². The van der Waals surface area contributed by atoms with Crippen molar-refractivity contribution in [3.63, 3.8) is 0 Å². The zero-order valence-corrected chi connectivity index (χ0v) is 11.7. The summed E-state index contributed by atoms with van der Waals surface area (Å²) in [6.07, 6.45) is 1.96. The van der Waals surface area contributed by atoms with Crippen molar-refractivity contribution in [3.05, 3.63) is 29.3 Å². The molecule has 0 bridgehead atoms. The van der Waals surface area contributed by atoms with Crippen molar-refractivity contribution < 1.29 is 14.6 Å². The molecule has 1 unspecified atom stereocenters. The molecule has 1 saturated carbocycles. The molecule has 1 aromatic rings. The Balaban J connectivity index is 1.95. The van der Waals surface area contributed by atoms with Gasteiger partial charge in [-0.25, -0.2) is 0 Å². The minimum absolute atomic E-state index is 0.259. The molecule has 1 aliphatic rings. The van der Waals surface area contributed by atoms with Crippen LogP contribution in [0.4, 0.5) is 0 Å². The van der Waals surface area contributed by atoms with Gasteiger partial charge in [0.25, 0.3) is 0 Å². The maximum atomic E-state index is 9.65. The van der Waals surface area contributed by atoms with Gasteiger partial charge in [-0.15, -0.1) is 0 Å². The topological polar surface area (TPSA) is 50.7 Å². The largest absolute Gasteiger partial charge is 0.490 e. The molecule has 0 spiro atoms. The molecule has 0 aliphatic heterocycles. The van der Waals surface area contributed by atoms with Crippen LogP contribution in [0, 0.1) is 6.92 Å². The molecule has 0 aromatic heterocycles. The summed E-state index contributed by atoms with van der Waals surface area (Å²) >= 11 is 0. The quantitative estimate of drug-likeness (QED) is 0.750. The standard InChI is InChI=1S/C15H23NO3/c1-11-4-3-5-12(8-16-13-6-7-13)15(11)19-10-14(17)9-18-2/h3-5,13-14,16-17H,6-10H2,1-2H3. The molecule has 0 amide bonds. The van der Waals surface area contributed by atoms with E-state index in [-0.39, 0.29) is 6.61 Å². The Morgan fingerprint density at radius 3 is 2.84 bits per heavy atom. The predicted octanol–water partition coefficient (Wildman–Crippen LogP) is 1.63. The average Bonchev–Trinajstić information content (AvgIpc) is 3.19. The maximum Gasteiger partial charge on any atom is 0.126 e. The SMILES string of the molecule is COCC(O)COc1c(C)cccc1CNC1CC1. The van der Waals surface area contributed by atoms with Crippen molar-refractivity contribution >= 4 is 0 Å². The molecule has 1 aromatic carbocycles. The molecule has 0 radical (unpaired) electrons. The van der Waals surface area contributed by atoms with Gasteiger partial charge in [0.15, 0.2) is 0 Å². The predicted molar refractivity (Wildman–Crippen MR) is 74.4 cm³/mol. The first kappa shape index (κ1) is 14.3. The van der Waals surface area contributed by atoms with Gasteiger partial charge in [0.05, 0.1) is 6.61 Å². The Morgan fingerprint density at radius 2 is 2.16 bits per heavy atom. The number of hydrogen-bond acceptors (Lipinski definition) is 4. The van der Waals surface area contributed by atoms with E-state index in [1.54, 1.807) is 7.11 Å². The van der Waals surface area contributed by atoms with Gasteiger partial charge in [0, 0.05) is 25.3 Å². The van der Waals surface area contributed by atoms with Crippen molar-refractivity contribution in [2.24, 2.45) is 0 Å². The number of rotatable bonds is 8. The van der Waals surface area contributed by atoms with Gasteiger partial charge in [0.2, 0.25) is 0 Å². The summed E-state index contributed by atoms with van der Waals surface area (Å²) in [5, 5.41) is 13.1. The average molecular weight is 265 g/mol. The summed E-state index contributed by atoms with van der Waals surface area (Å²) in [6.45, 7) is 3.40. The summed E-state index contributed by atoms with van der Waals surface area (Å²) in [7, 11) is 1.57. The minimum Gasteiger partial charge on any atom is -0.490 e. The lowest BCUT2D eigenvalue weighted by Gasteiger charge is -2.17. The van der Waals surface area contributed by atoms with E-state index < -0.39 is 6.10 Å². The van der Waals surface area contributed by atoms with Crippen LogP contribution < -0.4 is 10.1 Å². The van der Waals surface area contributed by atoms with E-state index in [9.17, 15) is 5.11 Å². The lowest BCUT2D eigenvalue weighted by Crippen LogP contribution is -2.24. The summed E-state index contributed by atoms with van der Waals surface area (Å²) in [5.74, 6) is 0.880. The summed E-state index contributed by atoms with van der Waals surface area (Å²) < 4.78 is 10.7. The maximum absolute atomic E-state index is 9.65. The molecule has 1 atom stereocenters. The molecule has 4 nitrogen and oxygen atoms in total. The number of aliphatic hydroxyl groups is 1. The number of nitrogens with one attached hydrogen (secondary N) is 1. The smallest absolute Gasteiger partial charge is 0.126 e. The number of para-hydroxylation sites is 1. The van der Waals surface area contributed by atoms with Crippen molar-refractivity contribution in [2.45, 2.75) is 38.5 Å². The second kappa shape index (κ2) is 6.89. The van der Waals surface area contributed by atoms with Gasteiger partial charge >= 0.3 is 0 Å². The number of aryl methyl sites for hydroxylation is 1. The first-order valence-corrected chi connectivity index (χ1v) is 6.82. The van der Waals surface area contributed by atoms with Gasteiger partial charge in [-0.1, -0.05) is 18.2 Å². The zero-order chi connectivity index (χ0) is 13.7. The van der Waals surface area contributed by atoms with Gasteiger partial charge in [-0.3, -0.25) is 0 Å². The second-order valence-electron chi connectivity index (χ2n) is 5.14. The number of ether oxygens (including phenoxy) is 2. The number of benzene rings is 1. The van der Waals surface area contributed by atoms with E-state index in [1.807, 2.05) is 19.1 Å². The molecule has 0 saturated heterocycles. The number of hydrogen-bond donors (Lipinski definition) is 2. The third-order valence-electron chi connectivity index (χ3n) is 3.23. The van der Waals surface area contributed by atoms with Gasteiger partial charge in [-0.05, 0) is 25.3 Å². The lowest BCUT2D eigenvalue weighted by molar-refractivity contribution is 0.0321. The summed E-state index contributed by atoms with van der Waals surface area (Å²) in [5.41, 5.74) is 2.25. The molecule has 4 heteroatoms. The zero-order valence-electron chi connectivity index (χ0n) is 11.7. The van der Waals surface area contributed by atoms with Gasteiger partial charge in [-0.2, -0.15) is 0 Å². The Labute approximate surface area is 114 Å². The highest BCUT2D eigenvalue weighted by Crippen LogP contribution is 2.25. The Bertz CT molecular complexity index is 404. The summed E-state index contributed by atoms with van der Waals surface area (Å²) in [6, 6.07) is 6.81. The normalized spacial score (nSPS) is 16.4. The van der Waals surface area contributed by atoms with Crippen molar-refractivity contribution in [3.8, 4) is 5.75 Å². The fourth-order valence-corrected chi connectivity index (χ4v) is 2.02. The van der Waals surface area contributed by atoms with Crippen LogP contribution in [0.2, 0.25) is 0 Å². The monoisotopic (exact) mass is 265 g/mol. The number of aliphatic hydroxyl groups excluding tert-OH is 1. The van der Waals surface area contributed by atoms with Crippen LogP contribution >= 0.6 is 0 Å². The van der Waals surface area contributed by atoms with E-state index >= 15 is 0 Å². The molecule has 19 heavy (non-hydrogen) atoms. The fraction of sp³-hybridized carbons (Fsp3) is 0.600. The third-order valence-corrected chi connectivity index (χ3v) is 3.23. The Hall–Kier alpha value is -1.10. The second-order valence-corrected chi connectivity index (χ2v) is 5.14. The van der Waals surface area contributed by atoms with Crippen LogP contribution in [0.3, 0.4) is 0 Å². The lowest BCUT2D eigenvalue weighted by atomic mass is 10.1. The van der Waals surface area contributed by atoms with Crippen molar-refractivity contribution in [1.82, 2.24) is 5.32 Å². The molecule has 1 aliphatic carbocycles. The minimum atomic E-state index is -0.589. The molecule has 1 fully saturated rings. The molecule has 2 N–H and O–H groups in total.